The van der Waals surface area contributed by atoms with Crippen molar-refractivity contribution >= 4 is 11.8 Å². The number of rotatable bonds is 4. The molecule has 0 atom stereocenters. The molecule has 0 aromatic rings. The van der Waals surface area contributed by atoms with E-state index in [2.05, 4.69) is 4.84 Å². The van der Waals surface area contributed by atoms with E-state index in [-0.39, 0.29) is 12.3 Å². The molecular formula is C8H16N2O3. The number of carbonyl (C=O) groups is 2. The lowest BCUT2D eigenvalue weighted by molar-refractivity contribution is -0.171. The highest BCUT2D eigenvalue weighted by Gasteiger charge is 2.29. The Morgan fingerprint density at radius 2 is 1.92 bits per heavy atom. The van der Waals surface area contributed by atoms with Gasteiger partial charge in [0.25, 0.3) is 0 Å². The van der Waals surface area contributed by atoms with Crippen LogP contribution in [0.1, 0.15) is 20.3 Å². The first-order chi connectivity index (χ1) is 5.81. The van der Waals surface area contributed by atoms with Crippen molar-refractivity contribution in [3.63, 3.8) is 0 Å². The molecule has 76 valence electrons. The molecule has 2 amide bonds. The van der Waals surface area contributed by atoms with Gasteiger partial charge in [0.15, 0.2) is 0 Å². The van der Waals surface area contributed by atoms with Gasteiger partial charge in [0.2, 0.25) is 11.8 Å². The van der Waals surface area contributed by atoms with Crippen LogP contribution >= 0.6 is 0 Å². The minimum atomic E-state index is -0.829. The van der Waals surface area contributed by atoms with E-state index in [0.717, 1.165) is 5.06 Å². The lowest BCUT2D eigenvalue weighted by Gasteiger charge is -2.22. The third-order valence-corrected chi connectivity index (χ3v) is 1.89. The summed E-state index contributed by atoms with van der Waals surface area (Å²) in [5.74, 6) is -0.767. The number of hydrogen-bond donors (Lipinski definition) is 1. The molecule has 13 heavy (non-hydrogen) atoms. The third-order valence-electron chi connectivity index (χ3n) is 1.89. The average Bonchev–Trinajstić information content (AvgIpc) is 2.01. The molecule has 5 nitrogen and oxygen atoms in total. The van der Waals surface area contributed by atoms with Crippen LogP contribution < -0.4 is 5.73 Å². The summed E-state index contributed by atoms with van der Waals surface area (Å²) in [6, 6.07) is 0. The monoisotopic (exact) mass is 188 g/mol. The van der Waals surface area contributed by atoms with E-state index in [1.807, 2.05) is 0 Å². The van der Waals surface area contributed by atoms with E-state index in [4.69, 9.17) is 5.73 Å². The molecule has 0 saturated carbocycles. The minimum Gasteiger partial charge on any atom is -0.369 e. The van der Waals surface area contributed by atoms with Gasteiger partial charge in [-0.05, 0) is 0 Å². The SMILES string of the molecule is CON(C)C(=O)CC(C)(C)C(N)=O. The topological polar surface area (TPSA) is 72.6 Å². The van der Waals surface area contributed by atoms with Crippen molar-refractivity contribution in [3.8, 4) is 0 Å². The van der Waals surface area contributed by atoms with Crippen LogP contribution in [0.2, 0.25) is 0 Å². The van der Waals surface area contributed by atoms with Crippen molar-refractivity contribution in [3.05, 3.63) is 0 Å². The Hall–Kier alpha value is -1.10. The Kier molecular flexibility index (Phi) is 3.87. The second-order valence-electron chi connectivity index (χ2n) is 3.50. The Balaban J connectivity index is 4.28. The van der Waals surface area contributed by atoms with E-state index < -0.39 is 11.3 Å². The molecular weight excluding hydrogens is 172 g/mol. The van der Waals surface area contributed by atoms with Crippen molar-refractivity contribution in [1.82, 2.24) is 5.06 Å². The fourth-order valence-electron chi connectivity index (χ4n) is 0.678. The highest BCUT2D eigenvalue weighted by Crippen LogP contribution is 2.20. The number of nitrogens with zero attached hydrogens (tertiary/aromatic N) is 1. The molecule has 0 radical (unpaired) electrons. The maximum Gasteiger partial charge on any atom is 0.246 e. The Labute approximate surface area is 77.8 Å². The molecule has 0 spiro atoms. The number of hydrogen-bond acceptors (Lipinski definition) is 3. The molecule has 5 heteroatoms. The van der Waals surface area contributed by atoms with Crippen LogP contribution in [-0.2, 0) is 14.4 Å². The first kappa shape index (κ1) is 11.9. The van der Waals surface area contributed by atoms with Crippen molar-refractivity contribution < 1.29 is 14.4 Å². The lowest BCUT2D eigenvalue weighted by Crippen LogP contribution is -2.37. The van der Waals surface area contributed by atoms with Crippen LogP contribution in [0, 0.1) is 5.41 Å². The van der Waals surface area contributed by atoms with Crippen LogP contribution in [0.3, 0.4) is 0 Å². The van der Waals surface area contributed by atoms with Gasteiger partial charge in [-0.3, -0.25) is 14.4 Å². The fraction of sp³-hybridized carbons (Fsp3) is 0.750. The Bertz CT molecular complexity index is 213. The summed E-state index contributed by atoms with van der Waals surface area (Å²) in [6.45, 7) is 3.24. The zero-order valence-corrected chi connectivity index (χ0v) is 8.46. The summed E-state index contributed by atoms with van der Waals surface area (Å²) in [7, 11) is 2.87. The highest BCUT2D eigenvalue weighted by atomic mass is 16.7. The third kappa shape index (κ3) is 3.42. The number of amides is 2. The maximum absolute atomic E-state index is 11.3. The second-order valence-corrected chi connectivity index (χ2v) is 3.50. The average molecular weight is 188 g/mol. The van der Waals surface area contributed by atoms with Crippen molar-refractivity contribution in [2.75, 3.05) is 14.2 Å². The normalized spacial score (nSPS) is 11.1. The molecule has 0 heterocycles. The molecule has 0 rings (SSSR count). The van der Waals surface area contributed by atoms with Crippen LogP contribution in [0.4, 0.5) is 0 Å². The maximum atomic E-state index is 11.3. The van der Waals surface area contributed by atoms with Gasteiger partial charge in [0.05, 0.1) is 12.5 Å². The predicted molar refractivity (Wildman–Crippen MR) is 47.4 cm³/mol. The molecule has 0 aromatic heterocycles. The Morgan fingerprint density at radius 3 is 2.23 bits per heavy atom. The quantitative estimate of drug-likeness (QED) is 0.626. The highest BCUT2D eigenvalue weighted by molar-refractivity contribution is 5.86. The van der Waals surface area contributed by atoms with E-state index in [9.17, 15) is 9.59 Å². The molecule has 0 aliphatic heterocycles. The first-order valence-electron chi connectivity index (χ1n) is 3.92. The second kappa shape index (κ2) is 4.23. The van der Waals surface area contributed by atoms with E-state index in [1.54, 1.807) is 13.8 Å². The fourth-order valence-corrected chi connectivity index (χ4v) is 0.678. The van der Waals surface area contributed by atoms with E-state index in [0.29, 0.717) is 0 Å². The molecule has 0 bridgehead atoms. The standard InChI is InChI=1S/C8H16N2O3/c1-8(2,7(9)12)5-6(11)10(3)13-4/h5H2,1-4H3,(H2,9,12). The molecule has 0 aliphatic rings. The minimum absolute atomic E-state index is 0.0483. The van der Waals surface area contributed by atoms with Crippen molar-refractivity contribution in [1.29, 1.82) is 0 Å². The molecule has 0 saturated heterocycles. The van der Waals surface area contributed by atoms with Gasteiger partial charge in [-0.2, -0.15) is 0 Å². The van der Waals surface area contributed by atoms with Gasteiger partial charge >= 0.3 is 0 Å². The van der Waals surface area contributed by atoms with Gasteiger partial charge in [-0.1, -0.05) is 13.8 Å². The van der Waals surface area contributed by atoms with E-state index >= 15 is 0 Å². The zero-order chi connectivity index (χ0) is 10.6. The molecule has 2 N–H and O–H groups in total. The van der Waals surface area contributed by atoms with Gasteiger partial charge in [-0.25, -0.2) is 5.06 Å². The summed E-state index contributed by atoms with van der Waals surface area (Å²) in [5.41, 5.74) is 4.28. The summed E-state index contributed by atoms with van der Waals surface area (Å²) < 4.78 is 0. The van der Waals surface area contributed by atoms with Crippen LogP contribution in [0.5, 0.6) is 0 Å². The molecule has 0 aliphatic carbocycles. The number of hydroxylamine groups is 2. The first-order valence-corrected chi connectivity index (χ1v) is 3.92. The van der Waals surface area contributed by atoms with Crippen molar-refractivity contribution in [2.45, 2.75) is 20.3 Å². The summed E-state index contributed by atoms with van der Waals surface area (Å²) in [4.78, 5) is 26.8. The number of nitrogens with two attached hydrogens (primary N) is 1. The smallest absolute Gasteiger partial charge is 0.246 e. The van der Waals surface area contributed by atoms with Crippen molar-refractivity contribution in [2.24, 2.45) is 11.1 Å². The van der Waals surface area contributed by atoms with Crippen LogP contribution in [0.15, 0.2) is 0 Å². The predicted octanol–water partition coefficient (Wildman–Crippen LogP) is -0.0922. The molecule has 0 aromatic carbocycles. The molecule has 0 fully saturated rings. The van der Waals surface area contributed by atoms with Crippen LogP contribution in [0.25, 0.3) is 0 Å². The lowest BCUT2D eigenvalue weighted by atomic mass is 9.88. The zero-order valence-electron chi connectivity index (χ0n) is 8.46. The summed E-state index contributed by atoms with van der Waals surface area (Å²) >= 11 is 0. The number of primary amides is 1. The van der Waals surface area contributed by atoms with Gasteiger partial charge in [0, 0.05) is 13.5 Å². The van der Waals surface area contributed by atoms with Gasteiger partial charge in [0.1, 0.15) is 0 Å². The van der Waals surface area contributed by atoms with Crippen LogP contribution in [-0.4, -0.2) is 31.0 Å². The van der Waals surface area contributed by atoms with E-state index in [1.165, 1.54) is 14.2 Å². The Morgan fingerprint density at radius 1 is 1.46 bits per heavy atom. The molecule has 0 unspecified atom stereocenters. The number of carbonyl (C=O) groups excluding carboxylic acids is 2. The summed E-state index contributed by atoms with van der Waals surface area (Å²) in [5, 5.41) is 1.07. The largest absolute Gasteiger partial charge is 0.369 e. The van der Waals surface area contributed by atoms with Gasteiger partial charge < -0.3 is 5.73 Å². The summed E-state index contributed by atoms with van der Waals surface area (Å²) in [6.07, 6.45) is 0.0483. The van der Waals surface area contributed by atoms with Gasteiger partial charge in [-0.15, -0.1) is 0 Å².